The average Bonchev–Trinajstić information content (AvgIpc) is 2.00. The number of unbranched alkanes of at least 4 members (excludes halogenated alkanes) is 1. The smallest absolute Gasteiger partial charge is 0.0307 e. The van der Waals surface area contributed by atoms with Crippen molar-refractivity contribution >= 4 is 0 Å². The predicted molar refractivity (Wildman–Crippen MR) is 56.4 cm³/mol. The first-order valence-electron chi connectivity index (χ1n) is 4.89. The summed E-state index contributed by atoms with van der Waals surface area (Å²) < 4.78 is 0. The van der Waals surface area contributed by atoms with Crippen molar-refractivity contribution in [3.63, 3.8) is 0 Å². The Bertz CT molecular complexity index is 145. The summed E-state index contributed by atoms with van der Waals surface area (Å²) in [6.45, 7) is 8.84. The van der Waals surface area contributed by atoms with Gasteiger partial charge in [-0.15, -0.1) is 0 Å². The van der Waals surface area contributed by atoms with E-state index < -0.39 is 0 Å². The third-order valence-corrected chi connectivity index (χ3v) is 2.18. The molecule has 1 N–H and O–H groups in total. The van der Waals surface area contributed by atoms with Gasteiger partial charge in [0.05, 0.1) is 0 Å². The van der Waals surface area contributed by atoms with Gasteiger partial charge in [0.15, 0.2) is 0 Å². The predicted octanol–water partition coefficient (Wildman–Crippen LogP) is 3.12. The van der Waals surface area contributed by atoms with E-state index in [2.05, 4.69) is 39.1 Å². The lowest BCUT2D eigenvalue weighted by atomic mass is 9.99. The topological polar surface area (TPSA) is 12.0 Å². The second kappa shape index (κ2) is 5.36. The highest BCUT2D eigenvalue weighted by atomic mass is 14.9. The van der Waals surface area contributed by atoms with E-state index in [1.165, 1.54) is 24.8 Å². The van der Waals surface area contributed by atoms with E-state index in [1.807, 2.05) is 7.05 Å². The number of allylic oxidation sites excluding steroid dienone is 1. The first-order valence-corrected chi connectivity index (χ1v) is 4.89. The van der Waals surface area contributed by atoms with Crippen molar-refractivity contribution in [2.24, 2.45) is 0 Å². The molecule has 0 rings (SSSR count). The summed E-state index contributed by atoms with van der Waals surface area (Å²) in [5.74, 6) is 0. The summed E-state index contributed by atoms with van der Waals surface area (Å²) in [7, 11) is 2.00. The minimum atomic E-state index is 0.151. The molecule has 0 radical (unpaired) electrons. The number of rotatable bonds is 5. The molecule has 0 heterocycles. The zero-order valence-corrected chi connectivity index (χ0v) is 9.20. The van der Waals surface area contributed by atoms with Gasteiger partial charge in [-0.25, -0.2) is 0 Å². The molecule has 0 aromatic heterocycles. The molecule has 0 aromatic carbocycles. The van der Waals surface area contributed by atoms with Crippen LogP contribution in [-0.2, 0) is 0 Å². The van der Waals surface area contributed by atoms with E-state index in [0.717, 1.165) is 0 Å². The van der Waals surface area contributed by atoms with Gasteiger partial charge >= 0.3 is 0 Å². The zero-order chi connectivity index (χ0) is 9.61. The highest BCUT2D eigenvalue weighted by molar-refractivity contribution is 5.08. The Morgan fingerprint density at radius 1 is 1.42 bits per heavy atom. The maximum atomic E-state index is 3.27. The van der Waals surface area contributed by atoms with Gasteiger partial charge in [0.25, 0.3) is 0 Å². The van der Waals surface area contributed by atoms with Crippen LogP contribution in [-0.4, -0.2) is 12.6 Å². The van der Waals surface area contributed by atoms with E-state index >= 15 is 0 Å². The molecule has 0 spiro atoms. The molecular weight excluding hydrogens is 146 g/mol. The summed E-state index contributed by atoms with van der Waals surface area (Å²) in [6.07, 6.45) is 6.15. The Labute approximate surface area is 77.2 Å². The molecule has 1 nitrogen and oxygen atoms in total. The lowest BCUT2D eigenvalue weighted by molar-refractivity contribution is 0.522. The van der Waals surface area contributed by atoms with Crippen molar-refractivity contribution in [1.82, 2.24) is 5.32 Å². The summed E-state index contributed by atoms with van der Waals surface area (Å²) in [6, 6.07) is 0. The van der Waals surface area contributed by atoms with Crippen LogP contribution in [0.1, 0.15) is 47.0 Å². The van der Waals surface area contributed by atoms with E-state index in [0.29, 0.717) is 0 Å². The molecular formula is C11H23N. The van der Waals surface area contributed by atoms with Crippen LogP contribution in [0.15, 0.2) is 11.6 Å². The van der Waals surface area contributed by atoms with Crippen LogP contribution >= 0.6 is 0 Å². The Morgan fingerprint density at radius 2 is 2.00 bits per heavy atom. The van der Waals surface area contributed by atoms with Gasteiger partial charge in [-0.2, -0.15) is 0 Å². The number of likely N-dealkylation sites (N-methyl/N-ethyl adjacent to an activating group) is 1. The molecule has 0 aromatic rings. The van der Waals surface area contributed by atoms with Gasteiger partial charge in [-0.3, -0.25) is 0 Å². The molecule has 0 saturated heterocycles. The number of hydrogen-bond acceptors (Lipinski definition) is 1. The molecule has 1 heteroatoms. The highest BCUT2D eigenvalue weighted by Crippen LogP contribution is 2.12. The summed E-state index contributed by atoms with van der Waals surface area (Å²) in [4.78, 5) is 0. The fourth-order valence-corrected chi connectivity index (χ4v) is 1.22. The molecule has 0 atom stereocenters. The van der Waals surface area contributed by atoms with Crippen LogP contribution in [0.3, 0.4) is 0 Å². The fraction of sp³-hybridized carbons (Fsp3) is 0.818. The number of nitrogens with one attached hydrogen (secondary N) is 1. The van der Waals surface area contributed by atoms with Crippen molar-refractivity contribution in [1.29, 1.82) is 0 Å². The minimum absolute atomic E-state index is 0.151. The van der Waals surface area contributed by atoms with Crippen molar-refractivity contribution in [3.8, 4) is 0 Å². The largest absolute Gasteiger partial charge is 0.311 e. The molecule has 12 heavy (non-hydrogen) atoms. The van der Waals surface area contributed by atoms with Crippen molar-refractivity contribution < 1.29 is 0 Å². The van der Waals surface area contributed by atoms with E-state index in [-0.39, 0.29) is 5.54 Å². The Kier molecular flexibility index (Phi) is 5.23. The van der Waals surface area contributed by atoms with E-state index in [1.54, 1.807) is 0 Å². The van der Waals surface area contributed by atoms with E-state index in [4.69, 9.17) is 0 Å². The Balaban J connectivity index is 3.96. The Morgan fingerprint density at radius 3 is 2.42 bits per heavy atom. The van der Waals surface area contributed by atoms with Gasteiger partial charge in [0, 0.05) is 5.54 Å². The maximum absolute atomic E-state index is 3.27. The normalized spacial score (nSPS) is 13.6. The number of hydrogen-bond donors (Lipinski definition) is 1. The molecule has 0 unspecified atom stereocenters. The van der Waals surface area contributed by atoms with Gasteiger partial charge in [0.2, 0.25) is 0 Å². The molecule has 0 amide bonds. The minimum Gasteiger partial charge on any atom is -0.311 e. The fourth-order valence-electron chi connectivity index (χ4n) is 1.22. The molecule has 72 valence electrons. The average molecular weight is 169 g/mol. The zero-order valence-electron chi connectivity index (χ0n) is 9.20. The summed E-state index contributed by atoms with van der Waals surface area (Å²) in [5.41, 5.74) is 1.65. The van der Waals surface area contributed by atoms with Gasteiger partial charge in [-0.05, 0) is 40.7 Å². The van der Waals surface area contributed by atoms with Gasteiger partial charge < -0.3 is 5.32 Å². The molecule has 0 aliphatic carbocycles. The van der Waals surface area contributed by atoms with E-state index in [9.17, 15) is 0 Å². The quantitative estimate of drug-likeness (QED) is 0.623. The van der Waals surface area contributed by atoms with Crippen LogP contribution < -0.4 is 5.32 Å². The Hall–Kier alpha value is -0.300. The lowest BCUT2D eigenvalue weighted by Crippen LogP contribution is -2.33. The first-order chi connectivity index (χ1) is 5.52. The summed E-state index contributed by atoms with van der Waals surface area (Å²) in [5, 5.41) is 3.27. The van der Waals surface area contributed by atoms with Crippen molar-refractivity contribution in [3.05, 3.63) is 11.6 Å². The van der Waals surface area contributed by atoms with Gasteiger partial charge in [0.1, 0.15) is 0 Å². The molecule has 0 fully saturated rings. The van der Waals surface area contributed by atoms with Crippen molar-refractivity contribution in [2.45, 2.75) is 52.5 Å². The van der Waals surface area contributed by atoms with Crippen LogP contribution in [0.5, 0.6) is 0 Å². The monoisotopic (exact) mass is 169 g/mol. The van der Waals surface area contributed by atoms with Crippen molar-refractivity contribution in [2.75, 3.05) is 7.05 Å². The maximum Gasteiger partial charge on any atom is 0.0307 e. The summed E-state index contributed by atoms with van der Waals surface area (Å²) >= 11 is 0. The molecule has 0 aliphatic heterocycles. The standard InChI is InChI=1S/C11H23N/c1-6-7-8-10(2)9-11(3,4)12-5/h9,12H,6-8H2,1-5H3/b10-9-. The second-order valence-electron chi connectivity index (χ2n) is 4.07. The molecule has 0 saturated carbocycles. The van der Waals surface area contributed by atoms with Gasteiger partial charge in [-0.1, -0.05) is 25.0 Å². The first kappa shape index (κ1) is 11.7. The third kappa shape index (κ3) is 5.36. The third-order valence-electron chi connectivity index (χ3n) is 2.18. The van der Waals surface area contributed by atoms with Crippen LogP contribution in [0, 0.1) is 0 Å². The molecule has 0 aliphatic rings. The SMILES string of the molecule is CCCC/C(C)=C\C(C)(C)NC. The van der Waals surface area contributed by atoms with Crippen LogP contribution in [0.4, 0.5) is 0 Å². The van der Waals surface area contributed by atoms with Crippen LogP contribution in [0.25, 0.3) is 0 Å². The molecule has 0 bridgehead atoms. The van der Waals surface area contributed by atoms with Crippen LogP contribution in [0.2, 0.25) is 0 Å². The second-order valence-corrected chi connectivity index (χ2v) is 4.07. The highest BCUT2D eigenvalue weighted by Gasteiger charge is 2.09. The lowest BCUT2D eigenvalue weighted by Gasteiger charge is -2.20.